The highest BCUT2D eigenvalue weighted by molar-refractivity contribution is 5.74. The van der Waals surface area contributed by atoms with Crippen LogP contribution in [0.5, 0.6) is 0 Å². The molecule has 2 rings (SSSR count). The number of hydrogen-bond acceptors (Lipinski definition) is 3. The lowest BCUT2D eigenvalue weighted by Gasteiger charge is -2.17. The molecule has 18 heavy (non-hydrogen) atoms. The second-order valence-electron chi connectivity index (χ2n) is 4.90. The molecule has 0 saturated carbocycles. The fraction of sp³-hybridized carbons (Fsp3) is 0.533. The predicted molar refractivity (Wildman–Crippen MR) is 71.5 cm³/mol. The molecule has 1 aliphatic heterocycles. The van der Waals surface area contributed by atoms with E-state index in [4.69, 9.17) is 4.74 Å². The molecule has 1 heterocycles. The predicted octanol–water partition coefficient (Wildman–Crippen LogP) is 2.32. The van der Waals surface area contributed by atoms with Gasteiger partial charge in [0.25, 0.3) is 0 Å². The minimum atomic E-state index is -0.131. The van der Waals surface area contributed by atoms with Gasteiger partial charge in [0.05, 0.1) is 13.0 Å². The molecular weight excluding hydrogens is 226 g/mol. The molecule has 0 radical (unpaired) electrons. The van der Waals surface area contributed by atoms with Crippen LogP contribution in [0.15, 0.2) is 0 Å². The highest BCUT2D eigenvalue weighted by atomic mass is 16.5. The van der Waals surface area contributed by atoms with Crippen molar-refractivity contribution >= 4 is 5.97 Å². The van der Waals surface area contributed by atoms with Crippen LogP contribution in [0.2, 0.25) is 0 Å². The Bertz CT molecular complexity index is 492. The molecule has 0 atom stereocenters. The third-order valence-electron chi connectivity index (χ3n) is 3.97. The first kappa shape index (κ1) is 13.1. The number of carbonyl (C=O) groups excluding carboxylic acids is 1. The first-order valence-corrected chi connectivity index (χ1v) is 6.53. The summed E-state index contributed by atoms with van der Waals surface area (Å²) < 4.78 is 5.06. The van der Waals surface area contributed by atoms with Crippen molar-refractivity contribution in [1.82, 2.24) is 5.32 Å². The van der Waals surface area contributed by atoms with E-state index in [1.54, 1.807) is 0 Å². The second-order valence-corrected chi connectivity index (χ2v) is 4.90. The third kappa shape index (κ3) is 2.15. The van der Waals surface area contributed by atoms with Gasteiger partial charge in [-0.1, -0.05) is 0 Å². The molecule has 3 heteroatoms. The Kier molecular flexibility index (Phi) is 3.71. The van der Waals surface area contributed by atoms with Gasteiger partial charge in [0.2, 0.25) is 0 Å². The highest BCUT2D eigenvalue weighted by Gasteiger charge is 2.21. The molecule has 0 saturated heterocycles. The van der Waals surface area contributed by atoms with Crippen LogP contribution in [0.1, 0.15) is 40.3 Å². The molecule has 98 valence electrons. The Morgan fingerprint density at radius 3 is 2.33 bits per heavy atom. The Balaban J connectivity index is 2.42. The summed E-state index contributed by atoms with van der Waals surface area (Å²) in [6, 6.07) is 0. The Hall–Kier alpha value is -1.35. The van der Waals surface area contributed by atoms with E-state index < -0.39 is 0 Å². The molecule has 0 fully saturated rings. The lowest BCUT2D eigenvalue weighted by molar-refractivity contribution is -0.142. The fourth-order valence-corrected chi connectivity index (χ4v) is 2.78. The standard InChI is InChI=1S/C15H21NO2/c1-5-18-15(17)6-12-9(2)10(3)13-7-16-8-14(13)11(12)4/h16H,5-8H2,1-4H3. The van der Waals surface area contributed by atoms with E-state index in [-0.39, 0.29) is 5.97 Å². The van der Waals surface area contributed by atoms with Crippen molar-refractivity contribution in [3.05, 3.63) is 33.4 Å². The zero-order valence-corrected chi connectivity index (χ0v) is 11.6. The fourth-order valence-electron chi connectivity index (χ4n) is 2.78. The minimum absolute atomic E-state index is 0.131. The van der Waals surface area contributed by atoms with Crippen LogP contribution in [0.25, 0.3) is 0 Å². The van der Waals surface area contributed by atoms with Gasteiger partial charge in [0, 0.05) is 13.1 Å². The number of nitrogens with one attached hydrogen (secondary N) is 1. The van der Waals surface area contributed by atoms with E-state index in [0.29, 0.717) is 13.0 Å². The number of fused-ring (bicyclic) bond motifs is 1. The maximum absolute atomic E-state index is 11.7. The minimum Gasteiger partial charge on any atom is -0.466 e. The van der Waals surface area contributed by atoms with Crippen LogP contribution in [0.4, 0.5) is 0 Å². The Morgan fingerprint density at radius 2 is 1.72 bits per heavy atom. The number of ether oxygens (including phenoxy) is 1. The summed E-state index contributed by atoms with van der Waals surface area (Å²) in [5, 5.41) is 3.39. The van der Waals surface area contributed by atoms with Crippen LogP contribution < -0.4 is 5.32 Å². The topological polar surface area (TPSA) is 38.3 Å². The molecule has 0 amide bonds. The van der Waals surface area contributed by atoms with E-state index in [2.05, 4.69) is 26.1 Å². The van der Waals surface area contributed by atoms with Crippen LogP contribution in [-0.4, -0.2) is 12.6 Å². The van der Waals surface area contributed by atoms with Crippen molar-refractivity contribution in [1.29, 1.82) is 0 Å². The van der Waals surface area contributed by atoms with E-state index in [0.717, 1.165) is 18.7 Å². The smallest absolute Gasteiger partial charge is 0.310 e. The number of esters is 1. The van der Waals surface area contributed by atoms with Crippen molar-refractivity contribution in [2.45, 2.75) is 47.2 Å². The van der Waals surface area contributed by atoms with E-state index >= 15 is 0 Å². The van der Waals surface area contributed by atoms with Crippen LogP contribution in [-0.2, 0) is 29.0 Å². The van der Waals surface area contributed by atoms with E-state index in [9.17, 15) is 4.79 Å². The van der Waals surface area contributed by atoms with Gasteiger partial charge in [0.15, 0.2) is 0 Å². The van der Waals surface area contributed by atoms with Crippen molar-refractivity contribution in [2.75, 3.05) is 6.61 Å². The van der Waals surface area contributed by atoms with Gasteiger partial charge in [-0.3, -0.25) is 4.79 Å². The molecular formula is C15H21NO2. The first-order chi connectivity index (χ1) is 8.56. The quantitative estimate of drug-likeness (QED) is 0.833. The molecule has 0 spiro atoms. The van der Waals surface area contributed by atoms with Crippen molar-refractivity contribution in [3.8, 4) is 0 Å². The zero-order valence-electron chi connectivity index (χ0n) is 11.6. The number of hydrogen-bond donors (Lipinski definition) is 1. The highest BCUT2D eigenvalue weighted by Crippen LogP contribution is 2.30. The molecule has 0 unspecified atom stereocenters. The van der Waals surface area contributed by atoms with E-state index in [1.807, 2.05) is 6.92 Å². The average molecular weight is 247 g/mol. The van der Waals surface area contributed by atoms with Gasteiger partial charge in [0.1, 0.15) is 0 Å². The summed E-state index contributed by atoms with van der Waals surface area (Å²) in [5.41, 5.74) is 7.75. The summed E-state index contributed by atoms with van der Waals surface area (Å²) in [6.07, 6.45) is 0.389. The van der Waals surface area contributed by atoms with Crippen LogP contribution in [0.3, 0.4) is 0 Å². The summed E-state index contributed by atoms with van der Waals surface area (Å²) in [7, 11) is 0. The molecule has 3 nitrogen and oxygen atoms in total. The van der Waals surface area contributed by atoms with Gasteiger partial charge in [-0.25, -0.2) is 0 Å². The van der Waals surface area contributed by atoms with Crippen LogP contribution >= 0.6 is 0 Å². The summed E-state index contributed by atoms with van der Waals surface area (Å²) in [4.78, 5) is 11.7. The first-order valence-electron chi connectivity index (χ1n) is 6.53. The number of carbonyl (C=O) groups is 1. The molecule has 1 aromatic rings. The third-order valence-corrected chi connectivity index (χ3v) is 3.97. The van der Waals surface area contributed by atoms with Gasteiger partial charge in [-0.2, -0.15) is 0 Å². The summed E-state index contributed by atoms with van der Waals surface area (Å²) >= 11 is 0. The summed E-state index contributed by atoms with van der Waals surface area (Å²) in [5.74, 6) is -0.131. The normalized spacial score (nSPS) is 13.6. The monoisotopic (exact) mass is 247 g/mol. The Labute approximate surface area is 109 Å². The van der Waals surface area contributed by atoms with Crippen molar-refractivity contribution in [2.24, 2.45) is 0 Å². The van der Waals surface area contributed by atoms with Gasteiger partial charge in [-0.15, -0.1) is 0 Å². The average Bonchev–Trinajstić information content (AvgIpc) is 2.81. The van der Waals surface area contributed by atoms with Crippen molar-refractivity contribution in [3.63, 3.8) is 0 Å². The number of benzene rings is 1. The zero-order chi connectivity index (χ0) is 13.3. The molecule has 1 aliphatic rings. The van der Waals surface area contributed by atoms with Crippen LogP contribution in [0, 0.1) is 20.8 Å². The lowest BCUT2D eigenvalue weighted by Crippen LogP contribution is -2.12. The van der Waals surface area contributed by atoms with Gasteiger partial charge in [-0.05, 0) is 61.1 Å². The van der Waals surface area contributed by atoms with E-state index in [1.165, 1.54) is 27.8 Å². The maximum Gasteiger partial charge on any atom is 0.310 e. The second kappa shape index (κ2) is 5.11. The molecule has 0 aliphatic carbocycles. The SMILES string of the molecule is CCOC(=O)Cc1c(C)c(C)c2c(c1C)CNC2. The molecule has 1 N–H and O–H groups in total. The van der Waals surface area contributed by atoms with Gasteiger partial charge >= 0.3 is 5.97 Å². The molecule has 0 bridgehead atoms. The lowest BCUT2D eigenvalue weighted by atomic mass is 9.88. The van der Waals surface area contributed by atoms with Gasteiger partial charge < -0.3 is 10.1 Å². The Morgan fingerprint density at radius 1 is 1.11 bits per heavy atom. The summed E-state index contributed by atoms with van der Waals surface area (Å²) in [6.45, 7) is 10.5. The largest absolute Gasteiger partial charge is 0.466 e. The number of rotatable bonds is 3. The van der Waals surface area contributed by atoms with Crippen molar-refractivity contribution < 1.29 is 9.53 Å². The maximum atomic E-state index is 11.7. The molecule has 1 aromatic carbocycles. The molecule has 0 aromatic heterocycles.